The highest BCUT2D eigenvalue weighted by atomic mass is 32.1. The number of rotatable bonds is 3. The van der Waals surface area contributed by atoms with E-state index in [4.69, 9.17) is 5.73 Å². The minimum Gasteiger partial charge on any atom is -0.324 e. The van der Waals surface area contributed by atoms with Gasteiger partial charge < -0.3 is 5.73 Å². The summed E-state index contributed by atoms with van der Waals surface area (Å²) in [4.78, 5) is 1.37. The Morgan fingerprint density at radius 2 is 1.88 bits per heavy atom. The highest BCUT2D eigenvalue weighted by molar-refractivity contribution is 7.10. The fourth-order valence-electron chi connectivity index (χ4n) is 1.83. The Morgan fingerprint density at radius 1 is 1.19 bits per heavy atom. The van der Waals surface area contributed by atoms with Crippen LogP contribution in [0.3, 0.4) is 0 Å². The molecule has 0 bridgehead atoms. The lowest BCUT2D eigenvalue weighted by Gasteiger charge is -2.09. The standard InChI is InChI=1S/C14H17NS/c1-3-14(15)12-6-4-11(5-7-12)13-8-9-16-10(13)2/h4-9,14H,3,15H2,1-2H3. The summed E-state index contributed by atoms with van der Waals surface area (Å²) in [5.41, 5.74) is 9.83. The zero-order chi connectivity index (χ0) is 11.5. The fourth-order valence-corrected chi connectivity index (χ4v) is 2.55. The molecular weight excluding hydrogens is 214 g/mol. The fraction of sp³-hybridized carbons (Fsp3) is 0.286. The SMILES string of the molecule is CCC(N)c1ccc(-c2ccsc2C)cc1. The zero-order valence-corrected chi connectivity index (χ0v) is 10.6. The summed E-state index contributed by atoms with van der Waals surface area (Å²) < 4.78 is 0. The van der Waals surface area contributed by atoms with E-state index in [2.05, 4.69) is 49.6 Å². The Balaban J connectivity index is 2.30. The second kappa shape index (κ2) is 4.81. The molecule has 2 N–H and O–H groups in total. The van der Waals surface area contributed by atoms with Crippen molar-refractivity contribution in [2.24, 2.45) is 5.73 Å². The average Bonchev–Trinajstić information content (AvgIpc) is 2.75. The van der Waals surface area contributed by atoms with Crippen molar-refractivity contribution in [3.05, 3.63) is 46.2 Å². The van der Waals surface area contributed by atoms with Gasteiger partial charge in [0.05, 0.1) is 0 Å². The largest absolute Gasteiger partial charge is 0.324 e. The number of hydrogen-bond acceptors (Lipinski definition) is 2. The van der Waals surface area contributed by atoms with Crippen molar-refractivity contribution in [1.29, 1.82) is 0 Å². The first kappa shape index (κ1) is 11.4. The summed E-state index contributed by atoms with van der Waals surface area (Å²) in [6.45, 7) is 4.27. The van der Waals surface area contributed by atoms with Crippen molar-refractivity contribution in [2.45, 2.75) is 26.3 Å². The van der Waals surface area contributed by atoms with Gasteiger partial charge in [-0.15, -0.1) is 11.3 Å². The highest BCUT2D eigenvalue weighted by Crippen LogP contribution is 2.28. The molecule has 0 aliphatic rings. The van der Waals surface area contributed by atoms with E-state index in [1.54, 1.807) is 11.3 Å². The number of nitrogens with two attached hydrogens (primary N) is 1. The van der Waals surface area contributed by atoms with Gasteiger partial charge in [0.1, 0.15) is 0 Å². The Hall–Kier alpha value is -1.12. The van der Waals surface area contributed by atoms with Gasteiger partial charge in [0, 0.05) is 10.9 Å². The molecule has 1 aromatic heterocycles. The average molecular weight is 231 g/mol. The summed E-state index contributed by atoms with van der Waals surface area (Å²) in [5.74, 6) is 0. The van der Waals surface area contributed by atoms with E-state index in [-0.39, 0.29) is 6.04 Å². The van der Waals surface area contributed by atoms with E-state index in [1.807, 2.05) is 0 Å². The van der Waals surface area contributed by atoms with E-state index in [0.717, 1.165) is 6.42 Å². The van der Waals surface area contributed by atoms with Crippen LogP contribution in [-0.2, 0) is 0 Å². The monoisotopic (exact) mass is 231 g/mol. The second-order valence-electron chi connectivity index (χ2n) is 4.03. The van der Waals surface area contributed by atoms with E-state index >= 15 is 0 Å². The maximum absolute atomic E-state index is 5.99. The first-order valence-corrected chi connectivity index (χ1v) is 6.50. The molecule has 1 aromatic carbocycles. The lowest BCUT2D eigenvalue weighted by molar-refractivity contribution is 0.699. The van der Waals surface area contributed by atoms with Gasteiger partial charge in [-0.25, -0.2) is 0 Å². The Labute approximate surface area is 101 Å². The number of hydrogen-bond donors (Lipinski definition) is 1. The van der Waals surface area contributed by atoms with Crippen LogP contribution >= 0.6 is 11.3 Å². The van der Waals surface area contributed by atoms with Gasteiger partial charge in [0.25, 0.3) is 0 Å². The lowest BCUT2D eigenvalue weighted by atomic mass is 10.0. The van der Waals surface area contributed by atoms with E-state index in [9.17, 15) is 0 Å². The third-order valence-corrected chi connectivity index (χ3v) is 3.79. The minimum absolute atomic E-state index is 0.164. The summed E-state index contributed by atoms with van der Waals surface area (Å²) in [6.07, 6.45) is 0.983. The van der Waals surface area contributed by atoms with Crippen molar-refractivity contribution >= 4 is 11.3 Å². The maximum atomic E-state index is 5.99. The molecule has 84 valence electrons. The molecule has 1 heterocycles. The zero-order valence-electron chi connectivity index (χ0n) is 9.73. The molecule has 0 saturated carbocycles. The maximum Gasteiger partial charge on any atom is 0.0292 e. The van der Waals surface area contributed by atoms with E-state index in [1.165, 1.54) is 21.6 Å². The second-order valence-corrected chi connectivity index (χ2v) is 5.15. The molecule has 0 radical (unpaired) electrons. The van der Waals surface area contributed by atoms with Crippen LogP contribution in [-0.4, -0.2) is 0 Å². The van der Waals surface area contributed by atoms with Crippen LogP contribution in [0.25, 0.3) is 11.1 Å². The van der Waals surface area contributed by atoms with Gasteiger partial charge in [0.15, 0.2) is 0 Å². The molecule has 0 amide bonds. The van der Waals surface area contributed by atoms with Crippen LogP contribution in [0, 0.1) is 6.92 Å². The molecule has 0 aliphatic heterocycles. The normalized spacial score (nSPS) is 12.7. The summed E-state index contributed by atoms with van der Waals surface area (Å²) in [5, 5.41) is 2.14. The van der Waals surface area contributed by atoms with Crippen molar-refractivity contribution in [3.63, 3.8) is 0 Å². The topological polar surface area (TPSA) is 26.0 Å². The molecule has 2 aromatic rings. The molecule has 2 rings (SSSR count). The van der Waals surface area contributed by atoms with Crippen molar-refractivity contribution < 1.29 is 0 Å². The summed E-state index contributed by atoms with van der Waals surface area (Å²) in [6, 6.07) is 11.0. The minimum atomic E-state index is 0.164. The predicted molar refractivity (Wildman–Crippen MR) is 71.7 cm³/mol. The van der Waals surface area contributed by atoms with E-state index in [0.29, 0.717) is 0 Å². The molecule has 2 heteroatoms. The molecule has 1 nitrogen and oxygen atoms in total. The molecule has 16 heavy (non-hydrogen) atoms. The molecule has 1 atom stereocenters. The predicted octanol–water partition coefficient (Wildman–Crippen LogP) is 4.13. The van der Waals surface area contributed by atoms with Gasteiger partial charge in [0.2, 0.25) is 0 Å². The third kappa shape index (κ3) is 2.18. The van der Waals surface area contributed by atoms with E-state index < -0.39 is 0 Å². The van der Waals surface area contributed by atoms with Gasteiger partial charge in [-0.1, -0.05) is 31.2 Å². The molecule has 0 aliphatic carbocycles. The third-order valence-electron chi connectivity index (χ3n) is 2.95. The molecule has 0 saturated heterocycles. The van der Waals surface area contributed by atoms with Crippen LogP contribution < -0.4 is 5.73 Å². The molecule has 1 unspecified atom stereocenters. The Bertz CT molecular complexity index is 456. The number of benzene rings is 1. The van der Waals surface area contributed by atoms with Crippen molar-refractivity contribution in [3.8, 4) is 11.1 Å². The summed E-state index contributed by atoms with van der Waals surface area (Å²) >= 11 is 1.79. The first-order valence-electron chi connectivity index (χ1n) is 5.62. The molecule has 0 fully saturated rings. The van der Waals surface area contributed by atoms with Crippen molar-refractivity contribution in [1.82, 2.24) is 0 Å². The van der Waals surface area contributed by atoms with Gasteiger partial charge in [-0.2, -0.15) is 0 Å². The Kier molecular flexibility index (Phi) is 3.42. The van der Waals surface area contributed by atoms with Crippen LogP contribution in [0.2, 0.25) is 0 Å². The Morgan fingerprint density at radius 3 is 2.38 bits per heavy atom. The van der Waals surface area contributed by atoms with Crippen LogP contribution in [0.5, 0.6) is 0 Å². The van der Waals surface area contributed by atoms with Gasteiger partial charge in [-0.05, 0) is 41.5 Å². The van der Waals surface area contributed by atoms with Crippen LogP contribution in [0.15, 0.2) is 35.7 Å². The number of thiophene rings is 1. The van der Waals surface area contributed by atoms with Gasteiger partial charge >= 0.3 is 0 Å². The van der Waals surface area contributed by atoms with Gasteiger partial charge in [-0.3, -0.25) is 0 Å². The lowest BCUT2D eigenvalue weighted by Crippen LogP contribution is -2.07. The molecule has 0 spiro atoms. The molecular formula is C14H17NS. The highest BCUT2D eigenvalue weighted by Gasteiger charge is 2.05. The number of aryl methyl sites for hydroxylation is 1. The first-order chi connectivity index (χ1) is 7.72. The smallest absolute Gasteiger partial charge is 0.0292 e. The quantitative estimate of drug-likeness (QED) is 0.844. The van der Waals surface area contributed by atoms with Crippen LogP contribution in [0.1, 0.15) is 29.8 Å². The van der Waals surface area contributed by atoms with Crippen LogP contribution in [0.4, 0.5) is 0 Å². The van der Waals surface area contributed by atoms with Crippen molar-refractivity contribution in [2.75, 3.05) is 0 Å². The summed E-state index contributed by atoms with van der Waals surface area (Å²) in [7, 11) is 0.